The summed E-state index contributed by atoms with van der Waals surface area (Å²) >= 11 is 0. The first-order chi connectivity index (χ1) is 6.04. The molecule has 0 bridgehead atoms. The maximum Gasteiger partial charge on any atom is 0.320 e. The molecule has 1 unspecified atom stereocenters. The van der Waals surface area contributed by atoms with Crippen molar-refractivity contribution in [2.75, 3.05) is 0 Å². The van der Waals surface area contributed by atoms with Gasteiger partial charge in [-0.2, -0.15) is 0 Å². The average Bonchev–Trinajstić information content (AvgIpc) is 2.07. The molecule has 0 aliphatic carbocycles. The lowest BCUT2D eigenvalue weighted by molar-refractivity contribution is -0.138. The van der Waals surface area contributed by atoms with Gasteiger partial charge in [-0.1, -0.05) is 19.4 Å². The van der Waals surface area contributed by atoms with Crippen LogP contribution in [0.5, 0.6) is 0 Å². The van der Waals surface area contributed by atoms with E-state index >= 15 is 0 Å². The zero-order chi connectivity index (χ0) is 10.9. The fraction of sp³-hybridized carbons (Fsp3) is 0.700. The Hall–Kier alpha value is -0.830. The van der Waals surface area contributed by atoms with Crippen LogP contribution >= 0.6 is 0 Å². The minimum atomic E-state index is -0.924. The Morgan fingerprint density at radius 3 is 2.31 bits per heavy atom. The minimum absolute atomic E-state index is 0.530. The van der Waals surface area contributed by atoms with Crippen LogP contribution in [0.2, 0.25) is 0 Å². The average molecular weight is 187 g/mol. The molecule has 13 heavy (non-hydrogen) atoms. The predicted molar refractivity (Wildman–Crippen MR) is 55.6 cm³/mol. The van der Waals surface area contributed by atoms with Crippen LogP contribution in [0.25, 0.3) is 0 Å². The van der Waals surface area contributed by atoms with Crippen LogP contribution in [-0.4, -0.2) is 17.1 Å². The van der Waals surface area contributed by atoms with E-state index in [4.69, 9.17) is 10.8 Å². The fourth-order valence-electron chi connectivity index (χ4n) is 0.747. The van der Waals surface area contributed by atoms with E-state index in [9.17, 15) is 4.79 Å². The van der Waals surface area contributed by atoms with Gasteiger partial charge in [0.2, 0.25) is 0 Å². The minimum Gasteiger partial charge on any atom is -0.480 e. The molecule has 0 rings (SSSR count). The van der Waals surface area contributed by atoms with Gasteiger partial charge in [0, 0.05) is 0 Å². The van der Waals surface area contributed by atoms with Crippen LogP contribution in [-0.2, 0) is 4.79 Å². The van der Waals surface area contributed by atoms with Gasteiger partial charge in [0.05, 0.1) is 0 Å². The summed E-state index contributed by atoms with van der Waals surface area (Å²) < 4.78 is 0. The standard InChI is InChI=1S/C8H15NO2.C2H6/c1-6(2)4-3-5-7(9)8(10)11;1-2/h7H,1,3-5,9H2,2H3,(H,10,11);1-2H3. The van der Waals surface area contributed by atoms with Gasteiger partial charge in [0.15, 0.2) is 0 Å². The molecule has 3 N–H and O–H groups in total. The van der Waals surface area contributed by atoms with E-state index in [-0.39, 0.29) is 0 Å². The van der Waals surface area contributed by atoms with Crippen LogP contribution in [0.3, 0.4) is 0 Å². The van der Waals surface area contributed by atoms with Gasteiger partial charge in [-0.25, -0.2) is 0 Å². The highest BCUT2D eigenvalue weighted by molar-refractivity contribution is 5.72. The third kappa shape index (κ3) is 11.2. The molecule has 0 radical (unpaired) electrons. The molecule has 0 heterocycles. The van der Waals surface area contributed by atoms with Crippen LogP contribution in [0.4, 0.5) is 0 Å². The predicted octanol–water partition coefficient (Wildman–Crippen LogP) is 2.17. The third-order valence-corrected chi connectivity index (χ3v) is 1.44. The van der Waals surface area contributed by atoms with Crippen molar-refractivity contribution in [1.82, 2.24) is 0 Å². The van der Waals surface area contributed by atoms with Crippen molar-refractivity contribution >= 4 is 5.97 Å². The monoisotopic (exact) mass is 187 g/mol. The second kappa shape index (κ2) is 9.26. The fourth-order valence-corrected chi connectivity index (χ4v) is 0.747. The molecule has 0 aromatic heterocycles. The lowest BCUT2D eigenvalue weighted by Crippen LogP contribution is -2.29. The SMILES string of the molecule is C=C(C)CCCC(N)C(=O)O.CC. The van der Waals surface area contributed by atoms with Crippen LogP contribution in [0.1, 0.15) is 40.0 Å². The summed E-state index contributed by atoms with van der Waals surface area (Å²) in [5.74, 6) is -0.924. The zero-order valence-corrected chi connectivity index (χ0v) is 8.84. The molecule has 3 heteroatoms. The summed E-state index contributed by atoms with van der Waals surface area (Å²) in [6, 6.07) is -0.714. The highest BCUT2D eigenvalue weighted by Crippen LogP contribution is 2.05. The summed E-state index contributed by atoms with van der Waals surface area (Å²) in [5.41, 5.74) is 6.35. The summed E-state index contributed by atoms with van der Waals surface area (Å²) in [5, 5.41) is 8.40. The number of aliphatic carboxylic acids is 1. The van der Waals surface area contributed by atoms with Crippen molar-refractivity contribution in [3.8, 4) is 0 Å². The molecule has 0 saturated heterocycles. The van der Waals surface area contributed by atoms with Crippen LogP contribution < -0.4 is 5.73 Å². The smallest absolute Gasteiger partial charge is 0.320 e. The zero-order valence-electron chi connectivity index (χ0n) is 8.84. The van der Waals surface area contributed by atoms with Crippen LogP contribution in [0, 0.1) is 0 Å². The molecule has 0 aliphatic heterocycles. The van der Waals surface area contributed by atoms with E-state index in [0.717, 1.165) is 18.4 Å². The Balaban J connectivity index is 0. The molecule has 0 amide bonds. The molecule has 0 spiro atoms. The maximum atomic E-state index is 10.2. The second-order valence-electron chi connectivity index (χ2n) is 2.79. The Labute approximate surface area is 80.6 Å². The molecule has 78 valence electrons. The number of hydrogen-bond donors (Lipinski definition) is 2. The van der Waals surface area contributed by atoms with Crippen molar-refractivity contribution in [3.05, 3.63) is 12.2 Å². The van der Waals surface area contributed by atoms with Gasteiger partial charge < -0.3 is 10.8 Å². The Morgan fingerprint density at radius 1 is 1.54 bits per heavy atom. The first kappa shape index (κ1) is 14.7. The lowest BCUT2D eigenvalue weighted by atomic mass is 10.1. The van der Waals surface area contributed by atoms with Crippen LogP contribution in [0.15, 0.2) is 12.2 Å². The topological polar surface area (TPSA) is 63.3 Å². The molecule has 1 atom stereocenters. The van der Waals surface area contributed by atoms with Gasteiger partial charge in [-0.15, -0.1) is 6.58 Å². The quantitative estimate of drug-likeness (QED) is 0.648. The summed E-state index contributed by atoms with van der Waals surface area (Å²) in [4.78, 5) is 10.2. The van der Waals surface area contributed by atoms with E-state index in [0.29, 0.717) is 6.42 Å². The molecule has 0 saturated carbocycles. The number of carboxylic acids is 1. The number of carbonyl (C=O) groups is 1. The van der Waals surface area contributed by atoms with Crippen molar-refractivity contribution < 1.29 is 9.90 Å². The van der Waals surface area contributed by atoms with Crippen molar-refractivity contribution in [3.63, 3.8) is 0 Å². The molecule has 0 aromatic rings. The molecule has 0 aliphatic rings. The Kier molecular flexibility index (Phi) is 10.5. The molecule has 0 aromatic carbocycles. The van der Waals surface area contributed by atoms with E-state index in [1.54, 1.807) is 0 Å². The summed E-state index contributed by atoms with van der Waals surface area (Å²) in [6.07, 6.45) is 2.20. The largest absolute Gasteiger partial charge is 0.480 e. The number of carboxylic acid groups (broad SMARTS) is 1. The Morgan fingerprint density at radius 2 is 2.00 bits per heavy atom. The Bertz CT molecular complexity index is 155. The molecule has 3 nitrogen and oxygen atoms in total. The van der Waals surface area contributed by atoms with Gasteiger partial charge in [-0.05, 0) is 26.2 Å². The van der Waals surface area contributed by atoms with E-state index in [2.05, 4.69) is 6.58 Å². The van der Waals surface area contributed by atoms with Gasteiger partial charge >= 0.3 is 5.97 Å². The van der Waals surface area contributed by atoms with Crippen molar-refractivity contribution in [2.24, 2.45) is 5.73 Å². The van der Waals surface area contributed by atoms with Gasteiger partial charge in [0.25, 0.3) is 0 Å². The molecular formula is C10H21NO2. The molecule has 0 fully saturated rings. The number of nitrogens with two attached hydrogens (primary N) is 1. The summed E-state index contributed by atoms with van der Waals surface area (Å²) in [6.45, 7) is 9.63. The first-order valence-electron chi connectivity index (χ1n) is 4.67. The van der Waals surface area contributed by atoms with Gasteiger partial charge in [0.1, 0.15) is 6.04 Å². The third-order valence-electron chi connectivity index (χ3n) is 1.44. The summed E-state index contributed by atoms with van der Waals surface area (Å²) in [7, 11) is 0. The lowest BCUT2D eigenvalue weighted by Gasteiger charge is -2.04. The maximum absolute atomic E-state index is 10.2. The molecular weight excluding hydrogens is 166 g/mol. The second-order valence-corrected chi connectivity index (χ2v) is 2.79. The number of rotatable bonds is 5. The highest BCUT2D eigenvalue weighted by atomic mass is 16.4. The van der Waals surface area contributed by atoms with Gasteiger partial charge in [-0.3, -0.25) is 4.79 Å². The van der Waals surface area contributed by atoms with E-state index in [1.807, 2.05) is 20.8 Å². The van der Waals surface area contributed by atoms with E-state index in [1.165, 1.54) is 0 Å². The van der Waals surface area contributed by atoms with Crippen molar-refractivity contribution in [2.45, 2.75) is 46.1 Å². The highest BCUT2D eigenvalue weighted by Gasteiger charge is 2.09. The normalized spacial score (nSPS) is 11.1. The number of allylic oxidation sites excluding steroid dienone is 1. The first-order valence-corrected chi connectivity index (χ1v) is 4.67. The van der Waals surface area contributed by atoms with E-state index < -0.39 is 12.0 Å². The van der Waals surface area contributed by atoms with Crippen molar-refractivity contribution in [1.29, 1.82) is 0 Å². The number of hydrogen-bond acceptors (Lipinski definition) is 2.